The van der Waals surface area contributed by atoms with Crippen LogP contribution in [0.3, 0.4) is 0 Å². The molecule has 0 aromatic carbocycles. The molecule has 0 aliphatic rings. The van der Waals surface area contributed by atoms with Crippen molar-refractivity contribution in [1.29, 1.82) is 0 Å². The highest BCUT2D eigenvalue weighted by Gasteiger charge is 2.57. The minimum atomic E-state index is -4.95. The number of carbonyl (C=O) groups is 1. The third-order valence-corrected chi connectivity index (χ3v) is 2.20. The first kappa shape index (κ1) is 16.1. The molecular weight excluding hydrogens is 243 g/mol. The molecule has 0 bridgehead atoms. The van der Waals surface area contributed by atoms with Crippen LogP contribution in [0.2, 0.25) is 0 Å². The first-order valence-corrected chi connectivity index (χ1v) is 4.96. The summed E-state index contributed by atoms with van der Waals surface area (Å²) in [5.74, 6) is -2.05. The van der Waals surface area contributed by atoms with Gasteiger partial charge in [-0.2, -0.15) is 13.2 Å². The summed E-state index contributed by atoms with van der Waals surface area (Å²) >= 11 is 0. The quantitative estimate of drug-likeness (QED) is 0.616. The zero-order valence-corrected chi connectivity index (χ0v) is 9.54. The van der Waals surface area contributed by atoms with Crippen LogP contribution in [0.4, 0.5) is 13.2 Å². The van der Waals surface area contributed by atoms with E-state index in [-0.39, 0.29) is 6.61 Å². The van der Waals surface area contributed by atoms with E-state index in [0.29, 0.717) is 13.5 Å². The molecule has 2 unspecified atom stereocenters. The highest BCUT2D eigenvalue weighted by Crippen LogP contribution is 2.30. The Bertz CT molecular complexity index is 259. The molecule has 102 valence electrons. The lowest BCUT2D eigenvalue weighted by Crippen LogP contribution is -2.61. The van der Waals surface area contributed by atoms with E-state index in [2.05, 4.69) is 0 Å². The Hall–Kier alpha value is -0.860. The zero-order valence-electron chi connectivity index (χ0n) is 9.54. The number of halogens is 3. The summed E-state index contributed by atoms with van der Waals surface area (Å²) in [6, 6.07) is 0. The average Bonchev–Trinajstić information content (AvgIpc) is 2.20. The van der Waals surface area contributed by atoms with Gasteiger partial charge in [-0.05, 0) is 13.8 Å². The molecule has 0 aliphatic heterocycles. The van der Waals surface area contributed by atoms with E-state index >= 15 is 0 Å². The number of aliphatic carboxylic acids is 1. The molecule has 0 aliphatic carbocycles. The number of rotatable bonds is 7. The van der Waals surface area contributed by atoms with Gasteiger partial charge in [0, 0.05) is 13.2 Å². The number of nitrogens with one attached hydrogen (secondary N) is 1. The maximum absolute atomic E-state index is 12.5. The van der Waals surface area contributed by atoms with Crippen LogP contribution in [-0.4, -0.2) is 53.8 Å². The molecule has 0 heterocycles. The Kier molecular flexibility index (Phi) is 5.86. The molecule has 0 aromatic rings. The Balaban J connectivity index is 4.44. The van der Waals surface area contributed by atoms with E-state index in [1.807, 2.05) is 0 Å². The largest absolute Gasteiger partial charge is 0.480 e. The second-order valence-corrected chi connectivity index (χ2v) is 3.62. The fourth-order valence-electron chi connectivity index (χ4n) is 0.932. The molecule has 0 spiro atoms. The lowest BCUT2D eigenvalue weighted by Gasteiger charge is -2.29. The molecule has 0 radical (unpaired) electrons. The maximum atomic E-state index is 12.5. The Morgan fingerprint density at radius 1 is 1.47 bits per heavy atom. The number of carboxylic acid groups (broad SMARTS) is 1. The lowest BCUT2D eigenvalue weighted by atomic mass is 10.0. The number of alkyl halides is 3. The average molecular weight is 259 g/mol. The highest BCUT2D eigenvalue weighted by atomic mass is 19.4. The fourth-order valence-corrected chi connectivity index (χ4v) is 0.932. The molecule has 0 fully saturated rings. The summed E-state index contributed by atoms with van der Waals surface area (Å²) in [5, 5.41) is 19.6. The molecule has 3 N–H and O–H groups in total. The van der Waals surface area contributed by atoms with Gasteiger partial charge < -0.3 is 14.9 Å². The maximum Gasteiger partial charge on any atom is 0.417 e. The van der Waals surface area contributed by atoms with Gasteiger partial charge in [0.1, 0.15) is 0 Å². The van der Waals surface area contributed by atoms with Crippen LogP contribution >= 0.6 is 0 Å². The van der Waals surface area contributed by atoms with Gasteiger partial charge in [0.2, 0.25) is 5.54 Å². The predicted molar refractivity (Wildman–Crippen MR) is 52.6 cm³/mol. The molecule has 2 atom stereocenters. The molecule has 0 amide bonds. The van der Waals surface area contributed by atoms with Gasteiger partial charge in [0.25, 0.3) is 0 Å². The molecule has 8 heteroatoms. The molecule has 17 heavy (non-hydrogen) atoms. The van der Waals surface area contributed by atoms with Gasteiger partial charge in [-0.15, -0.1) is 0 Å². The van der Waals surface area contributed by atoms with Crippen molar-refractivity contribution in [1.82, 2.24) is 5.32 Å². The van der Waals surface area contributed by atoms with Crippen LogP contribution in [0.25, 0.3) is 0 Å². The van der Waals surface area contributed by atoms with Crippen LogP contribution in [0.5, 0.6) is 0 Å². The van der Waals surface area contributed by atoms with Crippen molar-refractivity contribution in [2.45, 2.75) is 31.7 Å². The summed E-state index contributed by atoms with van der Waals surface area (Å²) < 4.78 is 42.3. The fraction of sp³-hybridized carbons (Fsp3) is 0.889. The van der Waals surface area contributed by atoms with Crippen LogP contribution < -0.4 is 5.32 Å². The third kappa shape index (κ3) is 4.49. The van der Waals surface area contributed by atoms with E-state index in [1.54, 1.807) is 12.2 Å². The van der Waals surface area contributed by atoms with Gasteiger partial charge in [-0.3, -0.25) is 5.32 Å². The lowest BCUT2D eigenvalue weighted by molar-refractivity contribution is -0.206. The van der Waals surface area contributed by atoms with E-state index in [1.165, 1.54) is 0 Å². The van der Waals surface area contributed by atoms with Crippen LogP contribution in [-0.2, 0) is 9.53 Å². The van der Waals surface area contributed by atoms with Gasteiger partial charge in [-0.25, -0.2) is 4.79 Å². The number of ether oxygens (including phenoxy) is 1. The second kappa shape index (κ2) is 6.18. The summed E-state index contributed by atoms with van der Waals surface area (Å²) in [6.07, 6.45) is -6.15. The van der Waals surface area contributed by atoms with Gasteiger partial charge in [-0.1, -0.05) is 0 Å². The van der Waals surface area contributed by atoms with E-state index in [4.69, 9.17) is 9.84 Å². The Morgan fingerprint density at radius 2 is 2.00 bits per heavy atom. The zero-order chi connectivity index (χ0) is 13.7. The van der Waals surface area contributed by atoms with Gasteiger partial charge in [0.15, 0.2) is 0 Å². The van der Waals surface area contributed by atoms with Gasteiger partial charge in [0.05, 0.1) is 12.7 Å². The molecule has 0 aromatic heterocycles. The van der Waals surface area contributed by atoms with E-state index < -0.39 is 30.3 Å². The number of aliphatic hydroxyl groups excluding tert-OH is 1. The van der Waals surface area contributed by atoms with E-state index in [0.717, 1.165) is 0 Å². The molecule has 5 nitrogen and oxygen atoms in total. The van der Waals surface area contributed by atoms with Crippen molar-refractivity contribution in [3.63, 3.8) is 0 Å². The minimum absolute atomic E-state index is 0.156. The van der Waals surface area contributed by atoms with E-state index in [9.17, 15) is 23.1 Å². The van der Waals surface area contributed by atoms with Crippen LogP contribution in [0.1, 0.15) is 13.8 Å². The van der Waals surface area contributed by atoms with Crippen LogP contribution in [0, 0.1) is 0 Å². The number of aliphatic hydroxyl groups is 1. The number of carboxylic acids is 1. The standard InChI is InChI=1S/C9H16F3NO4/c1-3-17-5-6(14)4-13-8(2,7(15)16)9(10,11)12/h6,13-14H,3-5H2,1-2H3,(H,15,16). The summed E-state index contributed by atoms with van der Waals surface area (Å²) in [4.78, 5) is 10.6. The van der Waals surface area contributed by atoms with Crippen molar-refractivity contribution < 1.29 is 32.9 Å². The SMILES string of the molecule is CCOCC(O)CNC(C)(C(=O)O)C(F)(F)F. The molecular formula is C9H16F3NO4. The van der Waals surface area contributed by atoms with Gasteiger partial charge >= 0.3 is 12.1 Å². The number of hydrogen-bond donors (Lipinski definition) is 3. The molecule has 0 saturated heterocycles. The first-order chi connectivity index (χ1) is 7.65. The van der Waals surface area contributed by atoms with Crippen molar-refractivity contribution in [2.24, 2.45) is 0 Å². The second-order valence-electron chi connectivity index (χ2n) is 3.62. The number of hydrogen-bond acceptors (Lipinski definition) is 4. The Morgan fingerprint density at radius 3 is 2.35 bits per heavy atom. The van der Waals surface area contributed by atoms with Crippen molar-refractivity contribution in [3.8, 4) is 0 Å². The topological polar surface area (TPSA) is 78.8 Å². The third-order valence-electron chi connectivity index (χ3n) is 2.20. The normalized spacial score (nSPS) is 17.5. The monoisotopic (exact) mass is 259 g/mol. The van der Waals surface area contributed by atoms with Crippen LogP contribution in [0.15, 0.2) is 0 Å². The Labute approximate surface area is 96.6 Å². The van der Waals surface area contributed by atoms with Crippen molar-refractivity contribution >= 4 is 5.97 Å². The number of β-amino-alcohol motifs (C(OH)–C–C–N with tert-alkyl or cyclic N) is 1. The predicted octanol–water partition coefficient (Wildman–Crippen LogP) is 0.379. The molecule has 0 rings (SSSR count). The smallest absolute Gasteiger partial charge is 0.417 e. The first-order valence-electron chi connectivity index (χ1n) is 4.96. The minimum Gasteiger partial charge on any atom is -0.480 e. The summed E-state index contributed by atoms with van der Waals surface area (Å²) in [7, 11) is 0. The van der Waals surface area contributed by atoms with Crippen molar-refractivity contribution in [2.75, 3.05) is 19.8 Å². The summed E-state index contributed by atoms with van der Waals surface area (Å²) in [6.45, 7) is 1.80. The van der Waals surface area contributed by atoms with Crippen molar-refractivity contribution in [3.05, 3.63) is 0 Å². The molecule has 0 saturated carbocycles. The summed E-state index contributed by atoms with van der Waals surface area (Å²) in [5.41, 5.74) is -3.08. The highest BCUT2D eigenvalue weighted by molar-refractivity contribution is 5.79.